The van der Waals surface area contributed by atoms with E-state index in [2.05, 4.69) is 5.32 Å². The summed E-state index contributed by atoms with van der Waals surface area (Å²) in [5.41, 5.74) is 5.95. The fourth-order valence-corrected chi connectivity index (χ4v) is 5.45. The molecule has 0 unspecified atom stereocenters. The maximum atomic E-state index is 12.7. The molecule has 0 bridgehead atoms. The Hall–Kier alpha value is -2.23. The maximum absolute atomic E-state index is 12.7. The standard InChI is InChI=1S/C16H17N3O4S2/c17-15(20)11-3-5-12(6-4-11)18-16(21)14-13(7-10-24-14)25(22,23)19-8-1-2-9-19/h3-7,10H,1-2,8-9H2,(H2,17,20)(H,18,21). The van der Waals surface area contributed by atoms with Gasteiger partial charge in [0.2, 0.25) is 15.9 Å². The molecule has 1 aromatic carbocycles. The second-order valence-corrected chi connectivity index (χ2v) is 8.44. The maximum Gasteiger partial charge on any atom is 0.267 e. The highest BCUT2D eigenvalue weighted by Gasteiger charge is 2.31. The van der Waals surface area contributed by atoms with Gasteiger partial charge in [-0.1, -0.05) is 0 Å². The van der Waals surface area contributed by atoms with E-state index in [0.717, 1.165) is 24.2 Å². The highest BCUT2D eigenvalue weighted by atomic mass is 32.2. The zero-order valence-corrected chi connectivity index (χ0v) is 14.9. The summed E-state index contributed by atoms with van der Waals surface area (Å²) >= 11 is 1.08. The van der Waals surface area contributed by atoms with Crippen molar-refractivity contribution in [2.45, 2.75) is 17.7 Å². The van der Waals surface area contributed by atoms with Crippen molar-refractivity contribution in [2.24, 2.45) is 5.73 Å². The van der Waals surface area contributed by atoms with Crippen LogP contribution in [0, 0.1) is 0 Å². The fourth-order valence-electron chi connectivity index (χ4n) is 2.64. The molecular weight excluding hydrogens is 362 g/mol. The molecule has 1 saturated heterocycles. The third kappa shape index (κ3) is 3.58. The van der Waals surface area contributed by atoms with Crippen LogP contribution in [0.3, 0.4) is 0 Å². The molecule has 1 fully saturated rings. The van der Waals surface area contributed by atoms with Crippen molar-refractivity contribution in [3.63, 3.8) is 0 Å². The number of carbonyl (C=O) groups excluding carboxylic acids is 2. The molecule has 1 aromatic heterocycles. The molecule has 7 nitrogen and oxygen atoms in total. The number of nitrogens with zero attached hydrogens (tertiary/aromatic N) is 1. The van der Waals surface area contributed by atoms with Gasteiger partial charge in [-0.05, 0) is 48.6 Å². The van der Waals surface area contributed by atoms with Crippen molar-refractivity contribution in [2.75, 3.05) is 18.4 Å². The van der Waals surface area contributed by atoms with Crippen molar-refractivity contribution in [3.8, 4) is 0 Å². The molecule has 0 atom stereocenters. The summed E-state index contributed by atoms with van der Waals surface area (Å²) in [7, 11) is -3.66. The molecule has 132 valence electrons. The number of nitrogens with two attached hydrogens (primary N) is 1. The van der Waals surface area contributed by atoms with E-state index >= 15 is 0 Å². The van der Waals surface area contributed by atoms with Gasteiger partial charge in [0.25, 0.3) is 5.91 Å². The number of hydrogen-bond acceptors (Lipinski definition) is 5. The summed E-state index contributed by atoms with van der Waals surface area (Å²) in [6.07, 6.45) is 1.66. The minimum atomic E-state index is -3.66. The first kappa shape index (κ1) is 17.6. The number of sulfonamides is 1. The average Bonchev–Trinajstić information content (AvgIpc) is 3.27. The second kappa shape index (κ2) is 6.95. The van der Waals surface area contributed by atoms with E-state index in [9.17, 15) is 18.0 Å². The average molecular weight is 379 g/mol. The summed E-state index contributed by atoms with van der Waals surface area (Å²) < 4.78 is 26.8. The number of rotatable bonds is 5. The van der Waals surface area contributed by atoms with E-state index in [1.807, 2.05) is 0 Å². The zero-order valence-electron chi connectivity index (χ0n) is 13.3. The van der Waals surface area contributed by atoms with Crippen LogP contribution in [0.5, 0.6) is 0 Å². The van der Waals surface area contributed by atoms with Crippen LogP contribution in [0.15, 0.2) is 40.6 Å². The first-order valence-electron chi connectivity index (χ1n) is 7.68. The van der Waals surface area contributed by atoms with Gasteiger partial charge >= 0.3 is 0 Å². The second-order valence-electron chi connectivity index (χ2n) is 5.62. The molecule has 0 radical (unpaired) electrons. The molecule has 3 N–H and O–H groups in total. The van der Waals surface area contributed by atoms with Crippen LogP contribution in [0.2, 0.25) is 0 Å². The lowest BCUT2D eigenvalue weighted by Crippen LogP contribution is -2.29. The Bertz CT molecular complexity index is 898. The van der Waals surface area contributed by atoms with E-state index in [1.54, 1.807) is 17.5 Å². The van der Waals surface area contributed by atoms with Crippen LogP contribution in [0.4, 0.5) is 5.69 Å². The van der Waals surface area contributed by atoms with Crippen molar-refractivity contribution in [1.82, 2.24) is 4.31 Å². The SMILES string of the molecule is NC(=O)c1ccc(NC(=O)c2sccc2S(=O)(=O)N2CCCC2)cc1. The Morgan fingerprint density at radius 3 is 2.32 bits per heavy atom. The predicted molar refractivity (Wildman–Crippen MR) is 95.2 cm³/mol. The quantitative estimate of drug-likeness (QED) is 0.826. The normalized spacial score (nSPS) is 15.2. The number of anilines is 1. The molecule has 9 heteroatoms. The summed E-state index contributed by atoms with van der Waals surface area (Å²) in [6.45, 7) is 0.960. The Morgan fingerprint density at radius 2 is 1.72 bits per heavy atom. The number of benzene rings is 1. The van der Waals surface area contributed by atoms with Crippen molar-refractivity contribution in [1.29, 1.82) is 0 Å². The molecule has 1 aliphatic rings. The molecular formula is C16H17N3O4S2. The van der Waals surface area contributed by atoms with Gasteiger partial charge in [0.1, 0.15) is 9.77 Å². The molecule has 2 amide bonds. The van der Waals surface area contributed by atoms with E-state index < -0.39 is 21.8 Å². The molecule has 2 heterocycles. The van der Waals surface area contributed by atoms with Gasteiger partial charge in [-0.2, -0.15) is 4.31 Å². The Morgan fingerprint density at radius 1 is 1.08 bits per heavy atom. The van der Waals surface area contributed by atoms with E-state index in [0.29, 0.717) is 24.3 Å². The minimum Gasteiger partial charge on any atom is -0.366 e. The number of thiophene rings is 1. The fraction of sp³-hybridized carbons (Fsp3) is 0.250. The van der Waals surface area contributed by atoms with Gasteiger partial charge in [0.15, 0.2) is 0 Å². The van der Waals surface area contributed by atoms with Crippen molar-refractivity contribution < 1.29 is 18.0 Å². The molecule has 1 aliphatic heterocycles. The Kier molecular flexibility index (Phi) is 4.89. The monoisotopic (exact) mass is 379 g/mol. The Labute approximate surface area is 149 Å². The lowest BCUT2D eigenvalue weighted by atomic mass is 10.2. The lowest BCUT2D eigenvalue weighted by molar-refractivity contribution is 0.0998. The number of nitrogens with one attached hydrogen (secondary N) is 1. The summed E-state index contributed by atoms with van der Waals surface area (Å²) in [4.78, 5) is 23.7. The van der Waals surface area contributed by atoms with Gasteiger partial charge < -0.3 is 11.1 Å². The van der Waals surface area contributed by atoms with Crippen LogP contribution >= 0.6 is 11.3 Å². The highest BCUT2D eigenvalue weighted by molar-refractivity contribution is 7.89. The summed E-state index contributed by atoms with van der Waals surface area (Å²) in [5.74, 6) is -1.06. The molecule has 3 rings (SSSR count). The molecule has 0 aliphatic carbocycles. The first-order chi connectivity index (χ1) is 11.9. The summed E-state index contributed by atoms with van der Waals surface area (Å²) in [5, 5.41) is 4.24. The lowest BCUT2D eigenvalue weighted by Gasteiger charge is -2.15. The van der Waals surface area contributed by atoms with Gasteiger partial charge in [0, 0.05) is 24.3 Å². The minimum absolute atomic E-state index is 0.0330. The molecule has 0 saturated carbocycles. The third-order valence-electron chi connectivity index (χ3n) is 3.95. The largest absolute Gasteiger partial charge is 0.366 e. The Balaban J connectivity index is 1.82. The first-order valence-corrected chi connectivity index (χ1v) is 10.0. The van der Waals surface area contributed by atoms with Crippen LogP contribution in [0.25, 0.3) is 0 Å². The highest BCUT2D eigenvalue weighted by Crippen LogP contribution is 2.28. The summed E-state index contributed by atoms with van der Waals surface area (Å²) in [6, 6.07) is 7.53. The van der Waals surface area contributed by atoms with Gasteiger partial charge in [-0.3, -0.25) is 9.59 Å². The third-order valence-corrected chi connectivity index (χ3v) is 6.93. The molecule has 2 aromatic rings. The zero-order chi connectivity index (χ0) is 18.0. The van der Waals surface area contributed by atoms with Gasteiger partial charge in [-0.25, -0.2) is 8.42 Å². The van der Waals surface area contributed by atoms with Crippen LogP contribution in [-0.4, -0.2) is 37.6 Å². The molecule has 25 heavy (non-hydrogen) atoms. The molecule has 0 spiro atoms. The number of amides is 2. The van der Waals surface area contributed by atoms with Crippen molar-refractivity contribution >= 4 is 38.9 Å². The number of hydrogen-bond donors (Lipinski definition) is 2. The van der Waals surface area contributed by atoms with E-state index in [1.165, 1.54) is 22.5 Å². The van der Waals surface area contributed by atoms with Gasteiger partial charge in [-0.15, -0.1) is 11.3 Å². The van der Waals surface area contributed by atoms with Gasteiger partial charge in [0.05, 0.1) is 0 Å². The van der Waals surface area contributed by atoms with Crippen LogP contribution in [0.1, 0.15) is 32.9 Å². The predicted octanol–water partition coefficient (Wildman–Crippen LogP) is 1.88. The van der Waals surface area contributed by atoms with E-state index in [4.69, 9.17) is 5.73 Å². The van der Waals surface area contributed by atoms with Crippen LogP contribution < -0.4 is 11.1 Å². The van der Waals surface area contributed by atoms with E-state index in [-0.39, 0.29) is 9.77 Å². The number of carbonyl (C=O) groups is 2. The number of primary amides is 1. The van der Waals surface area contributed by atoms with Crippen LogP contribution in [-0.2, 0) is 10.0 Å². The van der Waals surface area contributed by atoms with Crippen molar-refractivity contribution in [3.05, 3.63) is 46.2 Å². The smallest absolute Gasteiger partial charge is 0.267 e. The topological polar surface area (TPSA) is 110 Å².